The summed E-state index contributed by atoms with van der Waals surface area (Å²) in [6.07, 6.45) is 4.04. The van der Waals surface area contributed by atoms with Gasteiger partial charge in [0.05, 0.1) is 0 Å². The van der Waals surface area contributed by atoms with Crippen LogP contribution in [0, 0.1) is 0 Å². The summed E-state index contributed by atoms with van der Waals surface area (Å²) in [5, 5.41) is 4.07. The lowest BCUT2D eigenvalue weighted by Crippen LogP contribution is -2.50. The number of amides is 1. The number of hydrogen-bond donors (Lipinski definition) is 0. The van der Waals surface area contributed by atoms with Gasteiger partial charge >= 0.3 is 0 Å². The summed E-state index contributed by atoms with van der Waals surface area (Å²) in [5.41, 5.74) is 2.11. The molecule has 0 bridgehead atoms. The Bertz CT molecular complexity index is 1080. The quantitative estimate of drug-likeness (QED) is 0.544. The van der Waals surface area contributed by atoms with Gasteiger partial charge in [0.1, 0.15) is 11.6 Å². The van der Waals surface area contributed by atoms with Crippen LogP contribution < -0.4 is 9.64 Å². The number of carbonyl (C=O) groups excluding carboxylic acids is 1. The minimum atomic E-state index is 0.00877. The van der Waals surface area contributed by atoms with Gasteiger partial charge in [-0.1, -0.05) is 31.1 Å². The van der Waals surface area contributed by atoms with E-state index in [1.165, 1.54) is 5.56 Å². The third kappa shape index (κ3) is 4.99. The highest BCUT2D eigenvalue weighted by atomic mass is 16.5. The van der Waals surface area contributed by atoms with Crippen LogP contribution in [0.15, 0.2) is 47.1 Å². The number of hydrogen-bond acceptors (Lipinski definition) is 7. The Balaban J connectivity index is 1.11. The van der Waals surface area contributed by atoms with Crippen LogP contribution in [0.3, 0.4) is 0 Å². The molecule has 5 rings (SSSR count). The van der Waals surface area contributed by atoms with Gasteiger partial charge in [0.25, 0.3) is 5.91 Å². The summed E-state index contributed by atoms with van der Waals surface area (Å²) in [7, 11) is 0. The number of piperazine rings is 1. The molecule has 8 heteroatoms. The molecular formula is C25H29N5O3. The molecule has 2 fully saturated rings. The third-order valence-corrected chi connectivity index (χ3v) is 6.24. The molecule has 8 nitrogen and oxygen atoms in total. The van der Waals surface area contributed by atoms with Gasteiger partial charge in [-0.2, -0.15) is 4.98 Å². The zero-order valence-electron chi connectivity index (χ0n) is 19.1. The lowest BCUT2D eigenvalue weighted by Gasteiger charge is -2.35. The first-order valence-electron chi connectivity index (χ1n) is 11.6. The normalized spacial score (nSPS) is 16.3. The van der Waals surface area contributed by atoms with E-state index < -0.39 is 0 Å². The van der Waals surface area contributed by atoms with Crippen LogP contribution in [0.1, 0.15) is 50.0 Å². The second-order valence-electron chi connectivity index (χ2n) is 9.02. The summed E-state index contributed by atoms with van der Waals surface area (Å²) in [6.45, 7) is 7.12. The van der Waals surface area contributed by atoms with E-state index in [1.54, 1.807) is 6.20 Å². The summed E-state index contributed by atoms with van der Waals surface area (Å²) in [5.74, 6) is 3.85. The maximum atomic E-state index is 12.6. The average Bonchev–Trinajstić information content (AvgIpc) is 3.59. The molecule has 1 saturated carbocycles. The molecule has 1 aliphatic carbocycles. The van der Waals surface area contributed by atoms with Gasteiger partial charge in [-0.25, -0.2) is 4.98 Å². The fourth-order valence-electron chi connectivity index (χ4n) is 3.92. The molecule has 1 aromatic carbocycles. The van der Waals surface area contributed by atoms with Gasteiger partial charge in [0.2, 0.25) is 11.7 Å². The standard InChI is InChI=1S/C25H29N5O3/c1-17(2)18-5-8-21(9-6-18)32-16-23(31)30-13-11-29(12-14-30)22-10-7-20(15-26-22)24-27-25(33-28-24)19-3-4-19/h5-10,15,17,19H,3-4,11-14,16H2,1-2H3. The Hall–Kier alpha value is -3.42. The summed E-state index contributed by atoms with van der Waals surface area (Å²) < 4.78 is 11.0. The molecule has 0 radical (unpaired) electrons. The van der Waals surface area contributed by atoms with Crippen molar-refractivity contribution < 1.29 is 14.1 Å². The molecule has 0 atom stereocenters. The zero-order valence-corrected chi connectivity index (χ0v) is 19.1. The van der Waals surface area contributed by atoms with Crippen molar-refractivity contribution in [3.63, 3.8) is 0 Å². The van der Waals surface area contributed by atoms with E-state index in [9.17, 15) is 4.79 Å². The highest BCUT2D eigenvalue weighted by molar-refractivity contribution is 5.78. The van der Waals surface area contributed by atoms with Crippen LogP contribution in [0.5, 0.6) is 5.75 Å². The molecule has 2 aliphatic rings. The maximum Gasteiger partial charge on any atom is 0.260 e. The summed E-state index contributed by atoms with van der Waals surface area (Å²) in [6, 6.07) is 11.9. The molecule has 1 saturated heterocycles. The highest BCUT2D eigenvalue weighted by Crippen LogP contribution is 2.39. The van der Waals surface area contributed by atoms with Gasteiger partial charge in [0, 0.05) is 43.9 Å². The second kappa shape index (κ2) is 9.21. The minimum Gasteiger partial charge on any atom is -0.484 e. The molecule has 172 valence electrons. The van der Waals surface area contributed by atoms with Crippen LogP contribution >= 0.6 is 0 Å². The average molecular weight is 448 g/mol. The van der Waals surface area contributed by atoms with Crippen molar-refractivity contribution in [1.82, 2.24) is 20.0 Å². The molecule has 1 amide bonds. The van der Waals surface area contributed by atoms with Crippen molar-refractivity contribution in [3.8, 4) is 17.1 Å². The zero-order chi connectivity index (χ0) is 22.8. The highest BCUT2D eigenvalue weighted by Gasteiger charge is 2.30. The van der Waals surface area contributed by atoms with Crippen molar-refractivity contribution in [2.24, 2.45) is 0 Å². The number of nitrogens with zero attached hydrogens (tertiary/aromatic N) is 5. The van der Waals surface area contributed by atoms with Crippen molar-refractivity contribution in [2.45, 2.75) is 38.5 Å². The first kappa shape index (κ1) is 21.4. The number of anilines is 1. The molecule has 1 aliphatic heterocycles. The smallest absolute Gasteiger partial charge is 0.260 e. The SMILES string of the molecule is CC(C)c1ccc(OCC(=O)N2CCN(c3ccc(-c4noc(C5CC5)n4)cn3)CC2)cc1. The maximum absolute atomic E-state index is 12.6. The molecule has 0 N–H and O–H groups in total. The largest absolute Gasteiger partial charge is 0.484 e. The topological polar surface area (TPSA) is 84.6 Å². The van der Waals surface area contributed by atoms with E-state index in [-0.39, 0.29) is 12.5 Å². The van der Waals surface area contributed by atoms with Crippen LogP contribution in [0.25, 0.3) is 11.4 Å². The Kier molecular flexibility index (Phi) is 5.98. The van der Waals surface area contributed by atoms with E-state index in [1.807, 2.05) is 41.3 Å². The summed E-state index contributed by atoms with van der Waals surface area (Å²) in [4.78, 5) is 25.7. The Morgan fingerprint density at radius 1 is 1.09 bits per heavy atom. The van der Waals surface area contributed by atoms with Gasteiger partial charge in [-0.3, -0.25) is 4.79 Å². The molecule has 2 aromatic heterocycles. The first-order valence-corrected chi connectivity index (χ1v) is 11.6. The predicted molar refractivity (Wildman–Crippen MR) is 124 cm³/mol. The second-order valence-corrected chi connectivity index (χ2v) is 9.02. The molecule has 3 heterocycles. The molecule has 0 unspecified atom stereocenters. The molecular weight excluding hydrogens is 418 g/mol. The number of aromatic nitrogens is 3. The molecule has 3 aromatic rings. The Labute approximate surface area is 193 Å². The number of pyridine rings is 1. The summed E-state index contributed by atoms with van der Waals surface area (Å²) >= 11 is 0. The lowest BCUT2D eigenvalue weighted by molar-refractivity contribution is -0.133. The Morgan fingerprint density at radius 3 is 2.48 bits per heavy atom. The number of rotatable bonds is 7. The predicted octanol–water partition coefficient (Wildman–Crippen LogP) is 3.86. The van der Waals surface area contributed by atoms with Gasteiger partial charge < -0.3 is 19.1 Å². The van der Waals surface area contributed by atoms with E-state index in [0.717, 1.165) is 49.0 Å². The molecule has 33 heavy (non-hydrogen) atoms. The minimum absolute atomic E-state index is 0.00877. The molecule has 0 spiro atoms. The lowest BCUT2D eigenvalue weighted by atomic mass is 10.0. The Morgan fingerprint density at radius 2 is 1.85 bits per heavy atom. The van der Waals surface area contributed by atoms with Crippen molar-refractivity contribution in [3.05, 3.63) is 54.0 Å². The monoisotopic (exact) mass is 447 g/mol. The van der Waals surface area contributed by atoms with Gasteiger partial charge in [0.15, 0.2) is 6.61 Å². The number of carbonyl (C=O) groups is 1. The van der Waals surface area contributed by atoms with Crippen LogP contribution in [0.4, 0.5) is 5.82 Å². The fraction of sp³-hybridized carbons (Fsp3) is 0.440. The van der Waals surface area contributed by atoms with Crippen molar-refractivity contribution in [2.75, 3.05) is 37.7 Å². The number of benzene rings is 1. The van der Waals surface area contributed by atoms with Crippen LogP contribution in [-0.4, -0.2) is 58.7 Å². The third-order valence-electron chi connectivity index (χ3n) is 6.24. The van der Waals surface area contributed by atoms with Crippen LogP contribution in [0.2, 0.25) is 0 Å². The van der Waals surface area contributed by atoms with Crippen LogP contribution in [-0.2, 0) is 4.79 Å². The fourth-order valence-corrected chi connectivity index (χ4v) is 3.92. The first-order chi connectivity index (χ1) is 16.1. The van der Waals surface area contributed by atoms with E-state index in [4.69, 9.17) is 9.26 Å². The van der Waals surface area contributed by atoms with Gasteiger partial charge in [-0.05, 0) is 48.6 Å². The number of ether oxygens (including phenoxy) is 1. The van der Waals surface area contributed by atoms with E-state index in [0.29, 0.717) is 30.7 Å². The van der Waals surface area contributed by atoms with E-state index >= 15 is 0 Å². The van der Waals surface area contributed by atoms with Gasteiger partial charge in [-0.15, -0.1) is 0 Å². The van der Waals surface area contributed by atoms with E-state index in [2.05, 4.69) is 33.9 Å². The van der Waals surface area contributed by atoms with Crippen molar-refractivity contribution in [1.29, 1.82) is 0 Å². The van der Waals surface area contributed by atoms with Crippen molar-refractivity contribution >= 4 is 11.7 Å².